The van der Waals surface area contributed by atoms with Gasteiger partial charge in [-0.05, 0) is 18.9 Å². The fourth-order valence-electron chi connectivity index (χ4n) is 2.26. The second kappa shape index (κ2) is 9.15. The molecule has 0 aliphatic rings. The zero-order chi connectivity index (χ0) is 12.3. The van der Waals surface area contributed by atoms with Crippen molar-refractivity contribution in [2.24, 2.45) is 0 Å². The second-order valence-electron chi connectivity index (χ2n) is 4.82. The van der Waals surface area contributed by atoms with Crippen molar-refractivity contribution in [2.75, 3.05) is 0 Å². The Balaban J connectivity index is 2.46. The lowest BCUT2D eigenvalue weighted by Crippen LogP contribution is -2.02. The quantitative estimate of drug-likeness (QED) is 0.578. The molecule has 0 amide bonds. The van der Waals surface area contributed by atoms with Gasteiger partial charge in [0.15, 0.2) is 0 Å². The standard InChI is InChI=1S/C15H26N2/c1-3-5-7-9-14(10-8-6-4-2)15-11-12-16-13-17-15/h11-14H,3-10H2,1-2H3. The van der Waals surface area contributed by atoms with Gasteiger partial charge < -0.3 is 0 Å². The molecule has 96 valence electrons. The van der Waals surface area contributed by atoms with Gasteiger partial charge in [0.05, 0.1) is 0 Å². The van der Waals surface area contributed by atoms with Crippen LogP contribution in [0, 0.1) is 0 Å². The Morgan fingerprint density at radius 1 is 1.00 bits per heavy atom. The van der Waals surface area contributed by atoms with Crippen LogP contribution in [0.15, 0.2) is 18.6 Å². The maximum atomic E-state index is 4.43. The van der Waals surface area contributed by atoms with Crippen LogP contribution < -0.4 is 0 Å². The van der Waals surface area contributed by atoms with Crippen molar-refractivity contribution in [1.29, 1.82) is 0 Å². The first-order valence-electron chi connectivity index (χ1n) is 7.14. The van der Waals surface area contributed by atoms with Crippen LogP contribution >= 0.6 is 0 Å². The molecular formula is C15H26N2. The molecule has 2 heteroatoms. The van der Waals surface area contributed by atoms with E-state index in [-0.39, 0.29) is 0 Å². The topological polar surface area (TPSA) is 25.8 Å². The predicted molar refractivity (Wildman–Crippen MR) is 73.1 cm³/mol. The first-order valence-corrected chi connectivity index (χ1v) is 7.14. The van der Waals surface area contributed by atoms with E-state index < -0.39 is 0 Å². The van der Waals surface area contributed by atoms with Gasteiger partial charge in [0.1, 0.15) is 6.33 Å². The van der Waals surface area contributed by atoms with E-state index in [1.165, 1.54) is 57.1 Å². The van der Waals surface area contributed by atoms with Crippen molar-refractivity contribution in [3.63, 3.8) is 0 Å². The molecule has 0 aliphatic carbocycles. The van der Waals surface area contributed by atoms with Gasteiger partial charge >= 0.3 is 0 Å². The molecule has 0 spiro atoms. The predicted octanol–water partition coefficient (Wildman–Crippen LogP) is 4.72. The number of unbranched alkanes of at least 4 members (excludes halogenated alkanes) is 4. The molecule has 0 radical (unpaired) electrons. The summed E-state index contributed by atoms with van der Waals surface area (Å²) < 4.78 is 0. The highest BCUT2D eigenvalue weighted by atomic mass is 14.8. The van der Waals surface area contributed by atoms with E-state index in [0.29, 0.717) is 5.92 Å². The van der Waals surface area contributed by atoms with Gasteiger partial charge in [0.2, 0.25) is 0 Å². The van der Waals surface area contributed by atoms with E-state index in [2.05, 4.69) is 29.9 Å². The minimum atomic E-state index is 0.649. The van der Waals surface area contributed by atoms with Gasteiger partial charge in [-0.15, -0.1) is 0 Å². The number of rotatable bonds is 9. The molecule has 1 aromatic heterocycles. The summed E-state index contributed by atoms with van der Waals surface area (Å²) >= 11 is 0. The van der Waals surface area contributed by atoms with E-state index in [1.54, 1.807) is 6.33 Å². The molecule has 0 atom stereocenters. The third kappa shape index (κ3) is 5.81. The van der Waals surface area contributed by atoms with E-state index >= 15 is 0 Å². The zero-order valence-electron chi connectivity index (χ0n) is 11.4. The lowest BCUT2D eigenvalue weighted by molar-refractivity contribution is 0.497. The number of nitrogens with zero attached hydrogens (tertiary/aromatic N) is 2. The van der Waals surface area contributed by atoms with Crippen LogP contribution in [0.3, 0.4) is 0 Å². The van der Waals surface area contributed by atoms with Crippen LogP contribution in [0.25, 0.3) is 0 Å². The second-order valence-corrected chi connectivity index (χ2v) is 4.82. The SMILES string of the molecule is CCCCCC(CCCCC)c1ccncn1. The van der Waals surface area contributed by atoms with Gasteiger partial charge in [-0.1, -0.05) is 52.4 Å². The van der Waals surface area contributed by atoms with Gasteiger partial charge in [-0.2, -0.15) is 0 Å². The number of aromatic nitrogens is 2. The molecule has 0 fully saturated rings. The minimum Gasteiger partial charge on any atom is -0.245 e. The molecule has 1 rings (SSSR count). The van der Waals surface area contributed by atoms with Crippen molar-refractivity contribution in [3.8, 4) is 0 Å². The average Bonchev–Trinajstić information content (AvgIpc) is 2.38. The zero-order valence-corrected chi connectivity index (χ0v) is 11.4. The molecule has 0 saturated carbocycles. The lowest BCUT2D eigenvalue weighted by atomic mass is 9.92. The van der Waals surface area contributed by atoms with Gasteiger partial charge in [-0.3, -0.25) is 0 Å². The first-order chi connectivity index (χ1) is 8.38. The van der Waals surface area contributed by atoms with E-state index in [0.717, 1.165) is 0 Å². The molecule has 1 heterocycles. The minimum absolute atomic E-state index is 0.649. The van der Waals surface area contributed by atoms with Crippen LogP contribution in [-0.2, 0) is 0 Å². The maximum absolute atomic E-state index is 4.43. The number of hydrogen-bond donors (Lipinski definition) is 0. The highest BCUT2D eigenvalue weighted by Gasteiger charge is 2.11. The number of hydrogen-bond acceptors (Lipinski definition) is 2. The molecular weight excluding hydrogens is 208 g/mol. The van der Waals surface area contributed by atoms with Gasteiger partial charge in [0, 0.05) is 17.8 Å². The van der Waals surface area contributed by atoms with Crippen LogP contribution in [0.1, 0.15) is 76.8 Å². The van der Waals surface area contributed by atoms with Crippen molar-refractivity contribution in [3.05, 3.63) is 24.3 Å². The van der Waals surface area contributed by atoms with Gasteiger partial charge in [-0.25, -0.2) is 9.97 Å². The summed E-state index contributed by atoms with van der Waals surface area (Å²) in [4.78, 5) is 8.44. The van der Waals surface area contributed by atoms with Crippen LogP contribution in [0.5, 0.6) is 0 Å². The third-order valence-electron chi connectivity index (χ3n) is 3.34. The molecule has 17 heavy (non-hydrogen) atoms. The molecule has 0 bridgehead atoms. The van der Waals surface area contributed by atoms with Crippen molar-refractivity contribution < 1.29 is 0 Å². The Labute approximate surface area is 106 Å². The fraction of sp³-hybridized carbons (Fsp3) is 0.733. The van der Waals surface area contributed by atoms with Crippen molar-refractivity contribution in [2.45, 2.75) is 71.1 Å². The summed E-state index contributed by atoms with van der Waals surface area (Å²) in [5.41, 5.74) is 1.24. The van der Waals surface area contributed by atoms with E-state index in [4.69, 9.17) is 0 Å². The molecule has 2 nitrogen and oxygen atoms in total. The summed E-state index contributed by atoms with van der Waals surface area (Å²) in [5, 5.41) is 0. The van der Waals surface area contributed by atoms with Crippen molar-refractivity contribution >= 4 is 0 Å². The first kappa shape index (κ1) is 14.1. The van der Waals surface area contributed by atoms with Crippen LogP contribution in [0.4, 0.5) is 0 Å². The maximum Gasteiger partial charge on any atom is 0.115 e. The monoisotopic (exact) mass is 234 g/mol. The van der Waals surface area contributed by atoms with Gasteiger partial charge in [0.25, 0.3) is 0 Å². The summed E-state index contributed by atoms with van der Waals surface area (Å²) in [6, 6.07) is 2.09. The van der Waals surface area contributed by atoms with Crippen molar-refractivity contribution in [1.82, 2.24) is 9.97 Å². The largest absolute Gasteiger partial charge is 0.245 e. The Morgan fingerprint density at radius 3 is 2.12 bits per heavy atom. The Bertz CT molecular complexity index is 262. The summed E-state index contributed by atoms with van der Waals surface area (Å²) in [5.74, 6) is 0.649. The van der Waals surface area contributed by atoms with Crippen LogP contribution in [-0.4, -0.2) is 9.97 Å². The molecule has 0 aromatic carbocycles. The summed E-state index contributed by atoms with van der Waals surface area (Å²) in [6.45, 7) is 4.52. The molecule has 0 N–H and O–H groups in total. The Kier molecular flexibility index (Phi) is 7.61. The average molecular weight is 234 g/mol. The normalized spacial score (nSPS) is 11.0. The fourth-order valence-corrected chi connectivity index (χ4v) is 2.26. The van der Waals surface area contributed by atoms with E-state index in [1.807, 2.05) is 6.20 Å². The summed E-state index contributed by atoms with van der Waals surface area (Å²) in [7, 11) is 0. The smallest absolute Gasteiger partial charge is 0.115 e. The van der Waals surface area contributed by atoms with E-state index in [9.17, 15) is 0 Å². The molecule has 0 aliphatic heterocycles. The highest BCUT2D eigenvalue weighted by Crippen LogP contribution is 2.26. The third-order valence-corrected chi connectivity index (χ3v) is 3.34. The molecule has 1 aromatic rings. The lowest BCUT2D eigenvalue weighted by Gasteiger charge is -2.15. The Hall–Kier alpha value is -0.920. The highest BCUT2D eigenvalue weighted by molar-refractivity contribution is 5.05. The molecule has 0 unspecified atom stereocenters. The Morgan fingerprint density at radius 2 is 1.65 bits per heavy atom. The summed E-state index contributed by atoms with van der Waals surface area (Å²) in [6.07, 6.45) is 14.1. The molecule has 0 saturated heterocycles. The van der Waals surface area contributed by atoms with Crippen LogP contribution in [0.2, 0.25) is 0 Å².